The summed E-state index contributed by atoms with van der Waals surface area (Å²) in [5.74, 6) is 3.28. The van der Waals surface area contributed by atoms with E-state index in [1.54, 1.807) is 0 Å². The summed E-state index contributed by atoms with van der Waals surface area (Å²) < 4.78 is 0. The van der Waals surface area contributed by atoms with Crippen molar-refractivity contribution >= 4 is 17.5 Å². The smallest absolute Gasteiger partial charge is 0.237 e. The summed E-state index contributed by atoms with van der Waals surface area (Å²) in [5.41, 5.74) is 0.689. The van der Waals surface area contributed by atoms with Crippen LogP contribution in [0.25, 0.3) is 0 Å². The number of rotatable bonds is 2. The van der Waals surface area contributed by atoms with E-state index in [1.807, 2.05) is 11.9 Å². The molecule has 4 saturated carbocycles. The van der Waals surface area contributed by atoms with Crippen LogP contribution in [0.3, 0.4) is 0 Å². The molecule has 0 bridgehead atoms. The predicted octanol–water partition coefficient (Wildman–Crippen LogP) is 4.46. The number of alkyl halides is 1. The van der Waals surface area contributed by atoms with Crippen molar-refractivity contribution in [3.63, 3.8) is 0 Å². The number of halogens is 1. The van der Waals surface area contributed by atoms with Crippen LogP contribution in [0.5, 0.6) is 0 Å². The summed E-state index contributed by atoms with van der Waals surface area (Å²) in [6, 6.07) is 0.360. The quantitative estimate of drug-likeness (QED) is 0.717. The van der Waals surface area contributed by atoms with E-state index >= 15 is 0 Å². The van der Waals surface area contributed by atoms with E-state index in [2.05, 4.69) is 13.8 Å². The fourth-order valence-electron chi connectivity index (χ4n) is 8.11. The Morgan fingerprint density at radius 1 is 1.04 bits per heavy atom. The molecular formula is C22H36ClNO2. The van der Waals surface area contributed by atoms with Crippen LogP contribution in [0.1, 0.15) is 71.6 Å². The molecule has 4 aliphatic carbocycles. The van der Waals surface area contributed by atoms with E-state index in [0.717, 1.165) is 42.9 Å². The van der Waals surface area contributed by atoms with Crippen LogP contribution in [-0.4, -0.2) is 41.0 Å². The Morgan fingerprint density at radius 2 is 1.73 bits per heavy atom. The normalized spacial score (nSPS) is 50.5. The van der Waals surface area contributed by atoms with E-state index in [4.69, 9.17) is 11.6 Å². The Morgan fingerprint density at radius 3 is 2.46 bits per heavy atom. The highest BCUT2D eigenvalue weighted by molar-refractivity contribution is 6.27. The molecule has 0 aliphatic heterocycles. The molecule has 148 valence electrons. The highest BCUT2D eigenvalue weighted by Gasteiger charge is 2.60. The van der Waals surface area contributed by atoms with Gasteiger partial charge in [-0.3, -0.25) is 4.79 Å². The van der Waals surface area contributed by atoms with Gasteiger partial charge in [0, 0.05) is 13.1 Å². The Hall–Kier alpha value is -0.280. The highest BCUT2D eigenvalue weighted by Crippen LogP contribution is 2.66. The van der Waals surface area contributed by atoms with Gasteiger partial charge in [0.1, 0.15) is 5.88 Å². The molecular weight excluding hydrogens is 346 g/mol. The number of hydrogen-bond acceptors (Lipinski definition) is 2. The average Bonchev–Trinajstić information content (AvgIpc) is 2.98. The number of amides is 1. The van der Waals surface area contributed by atoms with Gasteiger partial charge in [-0.05, 0) is 92.3 Å². The number of fused-ring (bicyclic) bond motifs is 5. The fraction of sp³-hybridized carbons (Fsp3) is 0.955. The first-order valence-corrected chi connectivity index (χ1v) is 11.3. The molecule has 0 aromatic carbocycles. The topological polar surface area (TPSA) is 40.5 Å². The maximum Gasteiger partial charge on any atom is 0.237 e. The molecule has 0 saturated heterocycles. The Labute approximate surface area is 163 Å². The van der Waals surface area contributed by atoms with Crippen LogP contribution >= 0.6 is 11.6 Å². The molecule has 1 N–H and O–H groups in total. The van der Waals surface area contributed by atoms with Gasteiger partial charge in [-0.1, -0.05) is 13.8 Å². The summed E-state index contributed by atoms with van der Waals surface area (Å²) in [5, 5.41) is 10.2. The van der Waals surface area contributed by atoms with Gasteiger partial charge < -0.3 is 10.0 Å². The molecule has 3 nitrogen and oxygen atoms in total. The molecule has 0 unspecified atom stereocenters. The summed E-state index contributed by atoms with van der Waals surface area (Å²) in [6.45, 7) is 5.00. The highest BCUT2D eigenvalue weighted by atomic mass is 35.5. The van der Waals surface area contributed by atoms with Crippen molar-refractivity contribution in [2.24, 2.45) is 34.5 Å². The third-order valence-electron chi connectivity index (χ3n) is 9.56. The molecule has 8 atom stereocenters. The lowest BCUT2D eigenvalue weighted by atomic mass is 9.45. The monoisotopic (exact) mass is 381 g/mol. The minimum atomic E-state index is -0.0652. The van der Waals surface area contributed by atoms with E-state index in [9.17, 15) is 9.90 Å². The van der Waals surface area contributed by atoms with Crippen LogP contribution in [0, 0.1) is 34.5 Å². The van der Waals surface area contributed by atoms with Crippen molar-refractivity contribution in [2.75, 3.05) is 12.9 Å². The summed E-state index contributed by atoms with van der Waals surface area (Å²) >= 11 is 5.85. The zero-order chi connectivity index (χ0) is 18.7. The number of hydrogen-bond donors (Lipinski definition) is 1. The third-order valence-corrected chi connectivity index (χ3v) is 9.79. The van der Waals surface area contributed by atoms with Crippen LogP contribution < -0.4 is 0 Å². The lowest BCUT2D eigenvalue weighted by Gasteiger charge is -2.61. The maximum atomic E-state index is 12.2. The Bertz CT molecular complexity index is 568. The third kappa shape index (κ3) is 2.67. The number of carbonyl (C=O) groups excluding carboxylic acids is 1. The largest absolute Gasteiger partial charge is 0.393 e. The van der Waals surface area contributed by atoms with Crippen molar-refractivity contribution in [1.82, 2.24) is 4.90 Å². The van der Waals surface area contributed by atoms with Crippen LogP contribution in [0.4, 0.5) is 0 Å². The standard InChI is InChI=1S/C22H36ClNO2/c1-21-10-8-15(25)12-14(21)4-5-16-17-6-7-19(24(3)20(26)13-23)22(17,2)11-9-18(16)21/h14-19,25H,4-13H2,1-3H3/t14-,15+,16-,17+,18-,19-,21-,22-/m0/s1. The second-order valence-corrected chi connectivity index (χ2v) is 10.6. The van der Waals surface area contributed by atoms with Crippen LogP contribution in [0.2, 0.25) is 0 Å². The number of carbonyl (C=O) groups is 1. The van der Waals surface area contributed by atoms with Gasteiger partial charge in [-0.25, -0.2) is 0 Å². The SMILES string of the molecule is CN(C(=O)CCl)[C@H]1CC[C@@H]2[C@@H]3CC[C@H]4C[C@H](O)CC[C@]4(C)[C@H]3CC[C@@]21C. The van der Waals surface area contributed by atoms with Crippen molar-refractivity contribution in [2.45, 2.75) is 83.8 Å². The number of aliphatic hydroxyl groups excluding tert-OH is 1. The van der Waals surface area contributed by atoms with Gasteiger partial charge >= 0.3 is 0 Å². The summed E-state index contributed by atoms with van der Waals surface area (Å²) in [6.07, 6.45) is 10.7. The maximum absolute atomic E-state index is 12.2. The lowest BCUT2D eigenvalue weighted by molar-refractivity contribution is -0.140. The first kappa shape index (κ1) is 19.1. The molecule has 4 aliphatic rings. The van der Waals surface area contributed by atoms with E-state index in [0.29, 0.717) is 11.5 Å². The van der Waals surface area contributed by atoms with E-state index in [1.165, 1.54) is 38.5 Å². The zero-order valence-corrected chi connectivity index (χ0v) is 17.5. The molecule has 0 radical (unpaired) electrons. The zero-order valence-electron chi connectivity index (χ0n) is 16.7. The molecule has 0 aromatic rings. The first-order chi connectivity index (χ1) is 12.3. The minimum absolute atomic E-state index is 0.0652. The molecule has 4 fully saturated rings. The van der Waals surface area contributed by atoms with Crippen molar-refractivity contribution in [3.8, 4) is 0 Å². The van der Waals surface area contributed by atoms with Gasteiger partial charge in [0.25, 0.3) is 0 Å². The lowest BCUT2D eigenvalue weighted by Crippen LogP contribution is -2.56. The summed E-state index contributed by atoms with van der Waals surface area (Å²) in [7, 11) is 1.97. The van der Waals surface area contributed by atoms with Crippen LogP contribution in [0.15, 0.2) is 0 Å². The molecule has 26 heavy (non-hydrogen) atoms. The fourth-order valence-corrected chi connectivity index (χ4v) is 8.30. The molecule has 1 amide bonds. The number of nitrogens with zero attached hydrogens (tertiary/aromatic N) is 1. The second-order valence-electron chi connectivity index (χ2n) is 10.4. The molecule has 0 spiro atoms. The Balaban J connectivity index is 1.57. The van der Waals surface area contributed by atoms with Crippen molar-refractivity contribution < 1.29 is 9.90 Å². The predicted molar refractivity (Wildman–Crippen MR) is 105 cm³/mol. The first-order valence-electron chi connectivity index (χ1n) is 10.8. The van der Waals surface area contributed by atoms with Crippen LogP contribution in [-0.2, 0) is 4.79 Å². The van der Waals surface area contributed by atoms with Gasteiger partial charge in [0.15, 0.2) is 0 Å². The van der Waals surface area contributed by atoms with Gasteiger partial charge in [0.05, 0.1) is 6.10 Å². The minimum Gasteiger partial charge on any atom is -0.393 e. The molecule has 4 rings (SSSR count). The molecule has 0 aromatic heterocycles. The van der Waals surface area contributed by atoms with Gasteiger partial charge in [0.2, 0.25) is 5.91 Å². The second kappa shape index (κ2) is 6.65. The average molecular weight is 382 g/mol. The summed E-state index contributed by atoms with van der Waals surface area (Å²) in [4.78, 5) is 14.2. The van der Waals surface area contributed by atoms with Gasteiger partial charge in [-0.2, -0.15) is 0 Å². The van der Waals surface area contributed by atoms with Gasteiger partial charge in [-0.15, -0.1) is 11.6 Å². The molecule has 0 heterocycles. The van der Waals surface area contributed by atoms with E-state index in [-0.39, 0.29) is 23.3 Å². The van der Waals surface area contributed by atoms with Crippen molar-refractivity contribution in [3.05, 3.63) is 0 Å². The molecule has 4 heteroatoms. The van der Waals surface area contributed by atoms with Crippen molar-refractivity contribution in [1.29, 1.82) is 0 Å². The number of aliphatic hydroxyl groups is 1. The van der Waals surface area contributed by atoms with E-state index < -0.39 is 0 Å². The Kier molecular flexibility index (Phi) is 4.88.